The lowest BCUT2D eigenvalue weighted by Gasteiger charge is -2.22. The summed E-state index contributed by atoms with van der Waals surface area (Å²) in [6, 6.07) is 0. The lowest BCUT2D eigenvalue weighted by molar-refractivity contribution is -0.00414. The summed E-state index contributed by atoms with van der Waals surface area (Å²) in [5.41, 5.74) is 0. The van der Waals surface area contributed by atoms with Crippen molar-refractivity contribution in [3.63, 3.8) is 0 Å². The third-order valence-electron chi connectivity index (χ3n) is 2.18. The zero-order valence-corrected chi connectivity index (χ0v) is 8.55. The molecule has 1 heterocycles. The van der Waals surface area contributed by atoms with E-state index in [2.05, 4.69) is 12.2 Å². The molecule has 3 nitrogen and oxygen atoms in total. The second-order valence-electron chi connectivity index (χ2n) is 3.45. The van der Waals surface area contributed by atoms with E-state index < -0.39 is 0 Å². The topological polar surface area (TPSA) is 30.5 Å². The molecule has 0 aliphatic carbocycles. The van der Waals surface area contributed by atoms with Crippen LogP contribution in [0.25, 0.3) is 0 Å². The number of hydrogen-bond acceptors (Lipinski definition) is 3. The van der Waals surface area contributed by atoms with Gasteiger partial charge in [-0.25, -0.2) is 0 Å². The Hall–Kier alpha value is -0.120. The van der Waals surface area contributed by atoms with E-state index in [4.69, 9.17) is 9.47 Å². The van der Waals surface area contributed by atoms with Gasteiger partial charge in [-0.2, -0.15) is 0 Å². The average Bonchev–Trinajstić information content (AvgIpc) is 2.19. The van der Waals surface area contributed by atoms with Gasteiger partial charge >= 0.3 is 0 Å². The Bertz CT molecular complexity index is 113. The predicted molar refractivity (Wildman–Crippen MR) is 53.0 cm³/mol. The lowest BCUT2D eigenvalue weighted by atomic mass is 10.1. The van der Waals surface area contributed by atoms with Crippen molar-refractivity contribution in [2.24, 2.45) is 0 Å². The van der Waals surface area contributed by atoms with Crippen LogP contribution in [0.2, 0.25) is 0 Å². The molecule has 3 heteroatoms. The van der Waals surface area contributed by atoms with Crippen molar-refractivity contribution >= 4 is 0 Å². The van der Waals surface area contributed by atoms with Gasteiger partial charge in [-0.05, 0) is 25.8 Å². The van der Waals surface area contributed by atoms with E-state index in [1.54, 1.807) is 0 Å². The molecule has 0 aromatic heterocycles. The van der Waals surface area contributed by atoms with Gasteiger partial charge in [0.1, 0.15) is 0 Å². The molecule has 1 N–H and O–H groups in total. The summed E-state index contributed by atoms with van der Waals surface area (Å²) in [6.45, 7) is 6.61. The first kappa shape index (κ1) is 11.0. The summed E-state index contributed by atoms with van der Waals surface area (Å²) in [5, 5.41) is 3.32. The molecule has 1 saturated heterocycles. The molecule has 1 aliphatic rings. The Kier molecular flexibility index (Phi) is 6.15. The standard InChI is InChI=1S/C10H21NO2/c1-2-6-12-7-8-13-10-4-3-5-11-9-10/h10-11H,2-9H2,1H3/t10-/m0/s1. The van der Waals surface area contributed by atoms with Gasteiger partial charge in [-0.15, -0.1) is 0 Å². The SMILES string of the molecule is CCCOCCO[C@H]1CCCNC1. The molecule has 0 spiro atoms. The van der Waals surface area contributed by atoms with Crippen molar-refractivity contribution in [3.05, 3.63) is 0 Å². The molecule has 1 aliphatic heterocycles. The fourth-order valence-electron chi connectivity index (χ4n) is 1.48. The third kappa shape index (κ3) is 5.24. The summed E-state index contributed by atoms with van der Waals surface area (Å²) in [6.07, 6.45) is 3.94. The Morgan fingerprint density at radius 2 is 2.23 bits per heavy atom. The summed E-state index contributed by atoms with van der Waals surface area (Å²) in [7, 11) is 0. The molecule has 0 radical (unpaired) electrons. The molecule has 0 aromatic rings. The highest BCUT2D eigenvalue weighted by molar-refractivity contribution is 4.68. The zero-order chi connectivity index (χ0) is 9.36. The molecule has 0 aromatic carbocycles. The third-order valence-corrected chi connectivity index (χ3v) is 2.18. The van der Waals surface area contributed by atoms with Crippen LogP contribution in [0.5, 0.6) is 0 Å². The van der Waals surface area contributed by atoms with Gasteiger partial charge in [0.2, 0.25) is 0 Å². The van der Waals surface area contributed by atoms with Crippen molar-refractivity contribution in [1.82, 2.24) is 5.32 Å². The van der Waals surface area contributed by atoms with Crippen LogP contribution in [0.4, 0.5) is 0 Å². The van der Waals surface area contributed by atoms with E-state index in [1.807, 2.05) is 0 Å². The average molecular weight is 187 g/mol. The molecule has 0 saturated carbocycles. The van der Waals surface area contributed by atoms with Crippen molar-refractivity contribution in [2.45, 2.75) is 32.3 Å². The van der Waals surface area contributed by atoms with Crippen LogP contribution in [-0.2, 0) is 9.47 Å². The van der Waals surface area contributed by atoms with Crippen LogP contribution < -0.4 is 5.32 Å². The predicted octanol–water partition coefficient (Wildman–Crippen LogP) is 1.18. The highest BCUT2D eigenvalue weighted by Crippen LogP contribution is 2.05. The minimum Gasteiger partial charge on any atom is -0.379 e. The molecule has 13 heavy (non-hydrogen) atoms. The first-order valence-corrected chi connectivity index (χ1v) is 5.33. The second-order valence-corrected chi connectivity index (χ2v) is 3.45. The number of rotatable bonds is 6. The second kappa shape index (κ2) is 7.30. The summed E-state index contributed by atoms with van der Waals surface area (Å²) >= 11 is 0. The van der Waals surface area contributed by atoms with Crippen LogP contribution in [0.15, 0.2) is 0 Å². The Labute approximate surface area is 80.8 Å². The van der Waals surface area contributed by atoms with Crippen LogP contribution >= 0.6 is 0 Å². The van der Waals surface area contributed by atoms with Crippen LogP contribution in [0, 0.1) is 0 Å². The fraction of sp³-hybridized carbons (Fsp3) is 1.00. The Morgan fingerprint density at radius 3 is 2.92 bits per heavy atom. The highest BCUT2D eigenvalue weighted by atomic mass is 16.5. The van der Waals surface area contributed by atoms with Crippen molar-refractivity contribution in [3.8, 4) is 0 Å². The van der Waals surface area contributed by atoms with Gasteiger partial charge in [0, 0.05) is 13.2 Å². The molecule has 0 unspecified atom stereocenters. The summed E-state index contributed by atoms with van der Waals surface area (Å²) < 4.78 is 11.0. The summed E-state index contributed by atoms with van der Waals surface area (Å²) in [4.78, 5) is 0. The molecule has 1 rings (SSSR count). The maximum atomic E-state index is 5.64. The molecular formula is C10H21NO2. The van der Waals surface area contributed by atoms with Crippen molar-refractivity contribution in [2.75, 3.05) is 32.9 Å². The lowest BCUT2D eigenvalue weighted by Crippen LogP contribution is -2.35. The first-order chi connectivity index (χ1) is 6.43. The summed E-state index contributed by atoms with van der Waals surface area (Å²) in [5.74, 6) is 0. The smallest absolute Gasteiger partial charge is 0.0704 e. The quantitative estimate of drug-likeness (QED) is 0.633. The van der Waals surface area contributed by atoms with Gasteiger partial charge in [-0.1, -0.05) is 6.92 Å². The molecule has 0 amide bonds. The van der Waals surface area contributed by atoms with E-state index in [1.165, 1.54) is 12.8 Å². The highest BCUT2D eigenvalue weighted by Gasteiger charge is 2.12. The zero-order valence-electron chi connectivity index (χ0n) is 8.55. The monoisotopic (exact) mass is 187 g/mol. The maximum absolute atomic E-state index is 5.64. The van der Waals surface area contributed by atoms with E-state index >= 15 is 0 Å². The number of piperidine rings is 1. The largest absolute Gasteiger partial charge is 0.379 e. The molecule has 1 fully saturated rings. The first-order valence-electron chi connectivity index (χ1n) is 5.33. The van der Waals surface area contributed by atoms with E-state index in [0.717, 1.165) is 39.3 Å². The minimum atomic E-state index is 0.416. The van der Waals surface area contributed by atoms with E-state index in [0.29, 0.717) is 6.10 Å². The molecule has 78 valence electrons. The maximum Gasteiger partial charge on any atom is 0.0704 e. The van der Waals surface area contributed by atoms with Crippen LogP contribution in [0.1, 0.15) is 26.2 Å². The van der Waals surface area contributed by atoms with Gasteiger partial charge in [0.15, 0.2) is 0 Å². The Morgan fingerprint density at radius 1 is 1.31 bits per heavy atom. The van der Waals surface area contributed by atoms with Gasteiger partial charge in [0.05, 0.1) is 19.3 Å². The van der Waals surface area contributed by atoms with Crippen LogP contribution in [0.3, 0.4) is 0 Å². The van der Waals surface area contributed by atoms with Gasteiger partial charge in [0.25, 0.3) is 0 Å². The molecule has 1 atom stereocenters. The van der Waals surface area contributed by atoms with Crippen molar-refractivity contribution in [1.29, 1.82) is 0 Å². The van der Waals surface area contributed by atoms with Crippen molar-refractivity contribution < 1.29 is 9.47 Å². The normalized spacial score (nSPS) is 23.3. The Balaban J connectivity index is 1.86. The van der Waals surface area contributed by atoms with E-state index in [9.17, 15) is 0 Å². The van der Waals surface area contributed by atoms with E-state index in [-0.39, 0.29) is 0 Å². The fourth-order valence-corrected chi connectivity index (χ4v) is 1.48. The number of nitrogens with one attached hydrogen (secondary N) is 1. The van der Waals surface area contributed by atoms with Gasteiger partial charge in [-0.3, -0.25) is 0 Å². The number of ether oxygens (including phenoxy) is 2. The molecular weight excluding hydrogens is 166 g/mol. The number of hydrogen-bond donors (Lipinski definition) is 1. The van der Waals surface area contributed by atoms with Crippen LogP contribution in [-0.4, -0.2) is 39.0 Å². The van der Waals surface area contributed by atoms with Gasteiger partial charge < -0.3 is 14.8 Å². The molecule has 0 bridgehead atoms. The minimum absolute atomic E-state index is 0.416.